The average molecular weight is 360 g/mol. The van der Waals surface area contributed by atoms with Gasteiger partial charge in [0.1, 0.15) is 5.82 Å². The van der Waals surface area contributed by atoms with Gasteiger partial charge in [-0.3, -0.25) is 0 Å². The summed E-state index contributed by atoms with van der Waals surface area (Å²) in [6.07, 6.45) is 4.31. The lowest BCUT2D eigenvalue weighted by Crippen LogP contribution is -2.30. The molecular weight excluding hydrogens is 337 g/mol. The Bertz CT molecular complexity index is 458. The monoisotopic (exact) mass is 359 g/mol. The fraction of sp³-hybridized carbons (Fsp3) is 0.625. The van der Waals surface area contributed by atoms with Gasteiger partial charge in [-0.25, -0.2) is 4.39 Å². The van der Waals surface area contributed by atoms with Crippen LogP contribution in [0.5, 0.6) is 0 Å². The van der Waals surface area contributed by atoms with E-state index in [0.717, 1.165) is 17.3 Å². The number of ether oxygens (including phenoxy) is 1. The molecule has 0 bridgehead atoms. The van der Waals surface area contributed by atoms with E-state index in [9.17, 15) is 9.50 Å². The van der Waals surface area contributed by atoms with Gasteiger partial charge in [0.25, 0.3) is 0 Å². The van der Waals surface area contributed by atoms with E-state index in [1.165, 1.54) is 25.0 Å². The summed E-state index contributed by atoms with van der Waals surface area (Å²) in [6.45, 7) is 2.90. The molecule has 0 amide bonds. The minimum Gasteiger partial charge on any atom is -0.389 e. The van der Waals surface area contributed by atoms with Crippen LogP contribution in [0.4, 0.5) is 10.1 Å². The van der Waals surface area contributed by atoms with E-state index in [2.05, 4.69) is 28.2 Å². The first kappa shape index (κ1) is 16.7. The maximum atomic E-state index is 13.2. The highest BCUT2D eigenvalue weighted by molar-refractivity contribution is 9.10. The molecule has 0 aliphatic heterocycles. The van der Waals surface area contributed by atoms with Crippen LogP contribution in [0.3, 0.4) is 0 Å². The fourth-order valence-electron chi connectivity index (χ4n) is 2.70. The predicted octanol–water partition coefficient (Wildman–Crippen LogP) is 3.96. The predicted molar refractivity (Wildman–Crippen MR) is 86.0 cm³/mol. The second-order valence-electron chi connectivity index (χ2n) is 5.89. The molecule has 2 rings (SSSR count). The van der Waals surface area contributed by atoms with Crippen LogP contribution in [0.2, 0.25) is 0 Å². The minimum atomic E-state index is -0.600. The summed E-state index contributed by atoms with van der Waals surface area (Å²) in [5.74, 6) is 0.407. The smallest absolute Gasteiger partial charge is 0.125 e. The number of anilines is 1. The topological polar surface area (TPSA) is 41.5 Å². The van der Waals surface area contributed by atoms with Crippen molar-refractivity contribution in [1.29, 1.82) is 0 Å². The van der Waals surface area contributed by atoms with Crippen LogP contribution in [-0.2, 0) is 4.74 Å². The van der Waals surface area contributed by atoms with Gasteiger partial charge in [0.05, 0.1) is 24.5 Å². The molecule has 2 N–H and O–H groups in total. The summed E-state index contributed by atoms with van der Waals surface area (Å²) in [5, 5.41) is 13.0. The van der Waals surface area contributed by atoms with Gasteiger partial charge in [-0.15, -0.1) is 0 Å². The number of halogens is 2. The molecule has 5 heteroatoms. The van der Waals surface area contributed by atoms with Crippen LogP contribution < -0.4 is 5.32 Å². The molecule has 0 aromatic heterocycles. The van der Waals surface area contributed by atoms with Gasteiger partial charge in [0, 0.05) is 11.0 Å². The highest BCUT2D eigenvalue weighted by Crippen LogP contribution is 2.26. The minimum absolute atomic E-state index is 0.268. The van der Waals surface area contributed by atoms with Crippen molar-refractivity contribution < 1.29 is 14.2 Å². The fourth-order valence-corrected chi connectivity index (χ4v) is 3.08. The van der Waals surface area contributed by atoms with Crippen molar-refractivity contribution in [3.05, 3.63) is 28.5 Å². The molecule has 1 aromatic rings. The van der Waals surface area contributed by atoms with Crippen molar-refractivity contribution in [1.82, 2.24) is 0 Å². The van der Waals surface area contributed by atoms with E-state index in [-0.39, 0.29) is 11.9 Å². The molecule has 3 unspecified atom stereocenters. The zero-order valence-corrected chi connectivity index (χ0v) is 13.9. The normalized spacial score (nSPS) is 23.8. The van der Waals surface area contributed by atoms with Crippen molar-refractivity contribution in [2.45, 2.75) is 44.8 Å². The van der Waals surface area contributed by atoms with Crippen LogP contribution in [0, 0.1) is 11.7 Å². The third kappa shape index (κ3) is 5.57. The molecule has 3 nitrogen and oxygen atoms in total. The van der Waals surface area contributed by atoms with E-state index in [1.807, 2.05) is 0 Å². The van der Waals surface area contributed by atoms with E-state index >= 15 is 0 Å². The highest BCUT2D eigenvalue weighted by Gasteiger charge is 2.20. The van der Waals surface area contributed by atoms with Gasteiger partial charge in [-0.2, -0.15) is 0 Å². The van der Waals surface area contributed by atoms with Crippen molar-refractivity contribution in [3.63, 3.8) is 0 Å². The summed E-state index contributed by atoms with van der Waals surface area (Å²) >= 11 is 3.35. The molecule has 1 fully saturated rings. The van der Waals surface area contributed by atoms with Crippen molar-refractivity contribution in [3.8, 4) is 0 Å². The quantitative estimate of drug-likeness (QED) is 0.807. The van der Waals surface area contributed by atoms with Gasteiger partial charge in [-0.05, 0) is 52.9 Å². The van der Waals surface area contributed by atoms with Crippen molar-refractivity contribution in [2.75, 3.05) is 18.5 Å². The zero-order valence-electron chi connectivity index (χ0n) is 12.3. The summed E-state index contributed by atoms with van der Waals surface area (Å²) in [6, 6.07) is 4.43. The summed E-state index contributed by atoms with van der Waals surface area (Å²) in [4.78, 5) is 0. The molecular formula is C16H23BrFNO2. The standard InChI is InChI=1S/C16H23BrFNO2/c1-11-3-2-4-14(7-11)21-10-13(20)9-19-16-8-12(18)5-6-15(16)17/h5-6,8,11,13-14,19-20H,2-4,7,9-10H2,1H3. The highest BCUT2D eigenvalue weighted by atomic mass is 79.9. The second kappa shape index (κ2) is 8.11. The van der Waals surface area contributed by atoms with Crippen LogP contribution >= 0.6 is 15.9 Å². The van der Waals surface area contributed by atoms with Gasteiger partial charge in [0.2, 0.25) is 0 Å². The summed E-state index contributed by atoms with van der Waals surface area (Å²) in [5.41, 5.74) is 0.639. The van der Waals surface area contributed by atoms with Gasteiger partial charge >= 0.3 is 0 Å². The Balaban J connectivity index is 1.72. The molecule has 118 valence electrons. The first-order valence-electron chi connectivity index (χ1n) is 7.53. The lowest BCUT2D eigenvalue weighted by molar-refractivity contribution is -0.0274. The largest absolute Gasteiger partial charge is 0.389 e. The molecule has 0 saturated heterocycles. The second-order valence-corrected chi connectivity index (χ2v) is 6.74. The first-order valence-corrected chi connectivity index (χ1v) is 8.32. The molecule has 3 atom stereocenters. The van der Waals surface area contributed by atoms with Crippen LogP contribution in [0.1, 0.15) is 32.6 Å². The van der Waals surface area contributed by atoms with Crippen LogP contribution in [0.15, 0.2) is 22.7 Å². The molecule has 0 heterocycles. The van der Waals surface area contributed by atoms with E-state index in [1.54, 1.807) is 6.07 Å². The molecule has 1 aliphatic rings. The van der Waals surface area contributed by atoms with Crippen LogP contribution in [-0.4, -0.2) is 30.5 Å². The van der Waals surface area contributed by atoms with Gasteiger partial charge < -0.3 is 15.2 Å². The zero-order chi connectivity index (χ0) is 15.2. The Morgan fingerprint density at radius 1 is 1.48 bits per heavy atom. The Labute approximate surface area is 134 Å². The van der Waals surface area contributed by atoms with Crippen molar-refractivity contribution in [2.24, 2.45) is 5.92 Å². The molecule has 1 aliphatic carbocycles. The SMILES string of the molecule is CC1CCCC(OCC(O)CNc2cc(F)ccc2Br)C1. The third-order valence-corrected chi connectivity index (χ3v) is 4.56. The Hall–Kier alpha value is -0.650. The molecule has 21 heavy (non-hydrogen) atoms. The third-order valence-electron chi connectivity index (χ3n) is 3.87. The molecule has 1 aromatic carbocycles. The van der Waals surface area contributed by atoms with E-state index in [4.69, 9.17) is 4.74 Å². The summed E-state index contributed by atoms with van der Waals surface area (Å²) in [7, 11) is 0. The number of hydrogen-bond donors (Lipinski definition) is 2. The lowest BCUT2D eigenvalue weighted by atomic mass is 9.89. The Morgan fingerprint density at radius 2 is 2.29 bits per heavy atom. The molecule has 1 saturated carbocycles. The Kier molecular flexibility index (Phi) is 6.45. The van der Waals surface area contributed by atoms with Gasteiger partial charge in [-0.1, -0.05) is 19.8 Å². The van der Waals surface area contributed by atoms with E-state index < -0.39 is 6.10 Å². The maximum absolute atomic E-state index is 13.2. The average Bonchev–Trinajstić information content (AvgIpc) is 2.46. The number of nitrogens with one attached hydrogen (secondary N) is 1. The van der Waals surface area contributed by atoms with Crippen LogP contribution in [0.25, 0.3) is 0 Å². The number of aliphatic hydroxyl groups is 1. The molecule has 0 radical (unpaired) electrons. The first-order chi connectivity index (χ1) is 10.0. The van der Waals surface area contributed by atoms with Crippen molar-refractivity contribution >= 4 is 21.6 Å². The number of aliphatic hydroxyl groups excluding tert-OH is 1. The Morgan fingerprint density at radius 3 is 3.05 bits per heavy atom. The van der Waals surface area contributed by atoms with E-state index in [0.29, 0.717) is 24.8 Å². The molecule has 0 spiro atoms. The number of hydrogen-bond acceptors (Lipinski definition) is 3. The number of benzene rings is 1. The maximum Gasteiger partial charge on any atom is 0.125 e. The van der Waals surface area contributed by atoms with Gasteiger partial charge in [0.15, 0.2) is 0 Å². The summed E-state index contributed by atoms with van der Waals surface area (Å²) < 4.78 is 19.7. The number of rotatable bonds is 6. The lowest BCUT2D eigenvalue weighted by Gasteiger charge is -2.27.